The number of methoxy groups -OCH3 is 2. The van der Waals surface area contributed by atoms with Gasteiger partial charge in [0.15, 0.2) is 0 Å². The first-order valence-corrected chi connectivity index (χ1v) is 6.68. The molecule has 0 atom stereocenters. The molecule has 0 unspecified atom stereocenters. The maximum absolute atomic E-state index is 6.14. The van der Waals surface area contributed by atoms with Crippen molar-refractivity contribution in [1.29, 1.82) is 0 Å². The van der Waals surface area contributed by atoms with Gasteiger partial charge in [-0.3, -0.25) is 4.57 Å². The lowest BCUT2D eigenvalue weighted by Crippen LogP contribution is -2.03. The van der Waals surface area contributed by atoms with Crippen LogP contribution in [0.4, 0.5) is 5.95 Å². The van der Waals surface area contributed by atoms with Gasteiger partial charge < -0.3 is 15.2 Å². The largest absolute Gasteiger partial charge is 0.495 e. The molecule has 0 aliphatic heterocycles. The highest BCUT2D eigenvalue weighted by molar-refractivity contribution is 6.32. The van der Waals surface area contributed by atoms with Crippen molar-refractivity contribution < 1.29 is 9.47 Å². The first-order valence-electron chi connectivity index (χ1n) is 6.30. The zero-order valence-electron chi connectivity index (χ0n) is 11.6. The molecule has 0 radical (unpaired) electrons. The summed E-state index contributed by atoms with van der Waals surface area (Å²) >= 11 is 6.14. The predicted molar refractivity (Wildman–Crippen MR) is 83.6 cm³/mol. The summed E-state index contributed by atoms with van der Waals surface area (Å²) in [7, 11) is 3.14. The maximum Gasteiger partial charge on any atom is 0.206 e. The number of rotatable bonds is 3. The third-order valence-electron chi connectivity index (χ3n) is 3.28. The van der Waals surface area contributed by atoms with E-state index in [-0.39, 0.29) is 0 Å². The second kappa shape index (κ2) is 5.18. The summed E-state index contributed by atoms with van der Waals surface area (Å²) in [6.45, 7) is 0. The summed E-state index contributed by atoms with van der Waals surface area (Å²) in [6.07, 6.45) is 0. The van der Waals surface area contributed by atoms with Crippen molar-refractivity contribution in [3.05, 3.63) is 41.4 Å². The highest BCUT2D eigenvalue weighted by Crippen LogP contribution is 2.37. The Morgan fingerprint density at radius 2 is 1.81 bits per heavy atom. The molecule has 0 saturated carbocycles. The van der Waals surface area contributed by atoms with Gasteiger partial charge in [-0.2, -0.15) is 0 Å². The smallest absolute Gasteiger partial charge is 0.206 e. The molecular weight excluding hydrogens is 290 g/mol. The van der Waals surface area contributed by atoms with E-state index in [0.29, 0.717) is 22.5 Å². The number of halogens is 1. The summed E-state index contributed by atoms with van der Waals surface area (Å²) in [5.41, 5.74) is 8.49. The van der Waals surface area contributed by atoms with Crippen LogP contribution in [0.3, 0.4) is 0 Å². The van der Waals surface area contributed by atoms with Crippen LogP contribution < -0.4 is 15.2 Å². The highest BCUT2D eigenvalue weighted by Gasteiger charge is 2.16. The van der Waals surface area contributed by atoms with E-state index in [1.165, 1.54) is 0 Å². The Labute approximate surface area is 126 Å². The summed E-state index contributed by atoms with van der Waals surface area (Å²) in [4.78, 5) is 4.35. The van der Waals surface area contributed by atoms with Gasteiger partial charge in [0.2, 0.25) is 5.95 Å². The number of para-hydroxylation sites is 2. The average molecular weight is 304 g/mol. The number of nitrogens with zero attached hydrogens (tertiary/aromatic N) is 2. The fraction of sp³-hybridized carbons (Fsp3) is 0.133. The van der Waals surface area contributed by atoms with E-state index >= 15 is 0 Å². The second-order valence-electron chi connectivity index (χ2n) is 4.45. The highest BCUT2D eigenvalue weighted by atomic mass is 35.5. The molecule has 0 aliphatic rings. The normalized spacial score (nSPS) is 10.8. The van der Waals surface area contributed by atoms with Gasteiger partial charge in [-0.1, -0.05) is 23.7 Å². The zero-order valence-corrected chi connectivity index (χ0v) is 12.4. The Hall–Kier alpha value is -2.40. The number of nitrogen functional groups attached to an aromatic ring is 1. The van der Waals surface area contributed by atoms with Crippen molar-refractivity contribution in [2.24, 2.45) is 0 Å². The molecule has 6 heteroatoms. The van der Waals surface area contributed by atoms with Crippen LogP contribution in [0, 0.1) is 0 Å². The number of imidazole rings is 1. The first-order chi connectivity index (χ1) is 10.2. The minimum atomic E-state index is 0.374. The average Bonchev–Trinajstić information content (AvgIpc) is 2.82. The number of aromatic nitrogens is 2. The van der Waals surface area contributed by atoms with Crippen LogP contribution in [0.5, 0.6) is 11.5 Å². The Bertz CT molecular complexity index is 814. The number of anilines is 1. The fourth-order valence-electron chi connectivity index (χ4n) is 2.32. The Kier molecular flexibility index (Phi) is 3.35. The monoisotopic (exact) mass is 303 g/mol. The van der Waals surface area contributed by atoms with Crippen molar-refractivity contribution in [1.82, 2.24) is 9.55 Å². The third-order valence-corrected chi connectivity index (χ3v) is 3.58. The lowest BCUT2D eigenvalue weighted by molar-refractivity contribution is 0.402. The van der Waals surface area contributed by atoms with E-state index in [1.807, 2.05) is 28.8 Å². The van der Waals surface area contributed by atoms with Gasteiger partial charge >= 0.3 is 0 Å². The van der Waals surface area contributed by atoms with Crippen LogP contribution in [-0.2, 0) is 0 Å². The minimum absolute atomic E-state index is 0.374. The molecule has 0 bridgehead atoms. The lowest BCUT2D eigenvalue weighted by Gasteiger charge is -2.14. The van der Waals surface area contributed by atoms with Crippen LogP contribution in [0.2, 0.25) is 5.02 Å². The molecule has 5 nitrogen and oxygen atoms in total. The van der Waals surface area contributed by atoms with Crippen LogP contribution >= 0.6 is 11.6 Å². The van der Waals surface area contributed by atoms with Crippen LogP contribution in [0.25, 0.3) is 16.7 Å². The Balaban J connectivity index is 2.34. The van der Waals surface area contributed by atoms with E-state index < -0.39 is 0 Å². The molecule has 2 aromatic carbocycles. The summed E-state index contributed by atoms with van der Waals surface area (Å²) in [5.74, 6) is 1.51. The number of hydrogen-bond donors (Lipinski definition) is 1. The topological polar surface area (TPSA) is 62.3 Å². The van der Waals surface area contributed by atoms with Crippen LogP contribution in [0.1, 0.15) is 0 Å². The van der Waals surface area contributed by atoms with E-state index in [2.05, 4.69) is 4.98 Å². The van der Waals surface area contributed by atoms with Gasteiger partial charge in [0, 0.05) is 12.1 Å². The van der Waals surface area contributed by atoms with Crippen LogP contribution in [-0.4, -0.2) is 23.8 Å². The molecule has 2 N–H and O–H groups in total. The van der Waals surface area contributed by atoms with Crippen molar-refractivity contribution in [3.63, 3.8) is 0 Å². The fourth-order valence-corrected chi connectivity index (χ4v) is 2.55. The standard InChI is InChI=1S/C15H14ClN3O2/c1-20-13-8-12(14(21-2)7-9(13)16)19-11-6-4-3-5-10(11)18-15(19)17/h3-8H,1-2H3,(H2,17,18). The minimum Gasteiger partial charge on any atom is -0.495 e. The summed E-state index contributed by atoms with van der Waals surface area (Å²) < 4.78 is 12.5. The number of fused-ring (bicyclic) bond motifs is 1. The Morgan fingerprint density at radius 1 is 1.10 bits per heavy atom. The molecular formula is C15H14ClN3O2. The number of nitrogens with two attached hydrogens (primary N) is 1. The van der Waals surface area contributed by atoms with E-state index in [0.717, 1.165) is 16.7 Å². The second-order valence-corrected chi connectivity index (χ2v) is 4.86. The summed E-state index contributed by atoms with van der Waals surface area (Å²) in [5, 5.41) is 0.473. The molecule has 0 spiro atoms. The van der Waals surface area contributed by atoms with E-state index in [9.17, 15) is 0 Å². The number of benzene rings is 2. The third kappa shape index (κ3) is 2.15. The Morgan fingerprint density at radius 3 is 2.52 bits per heavy atom. The number of ether oxygens (including phenoxy) is 2. The SMILES string of the molecule is COc1cc(-n2c(N)nc3ccccc32)c(OC)cc1Cl. The van der Waals surface area contributed by atoms with Gasteiger partial charge in [-0.15, -0.1) is 0 Å². The molecule has 0 aliphatic carbocycles. The van der Waals surface area contributed by atoms with E-state index in [4.69, 9.17) is 26.8 Å². The molecule has 1 aromatic heterocycles. The van der Waals surface area contributed by atoms with E-state index in [1.54, 1.807) is 26.4 Å². The van der Waals surface area contributed by atoms with Gasteiger partial charge in [-0.25, -0.2) is 4.98 Å². The zero-order chi connectivity index (χ0) is 15.0. The van der Waals surface area contributed by atoms with Gasteiger partial charge in [-0.05, 0) is 12.1 Å². The van der Waals surface area contributed by atoms with Crippen molar-refractivity contribution in [2.45, 2.75) is 0 Å². The molecule has 3 rings (SSSR count). The quantitative estimate of drug-likeness (QED) is 0.806. The lowest BCUT2D eigenvalue weighted by atomic mass is 10.2. The van der Waals surface area contributed by atoms with Crippen molar-refractivity contribution in [2.75, 3.05) is 20.0 Å². The van der Waals surface area contributed by atoms with Crippen LogP contribution in [0.15, 0.2) is 36.4 Å². The maximum atomic E-state index is 6.14. The summed E-state index contributed by atoms with van der Waals surface area (Å²) in [6, 6.07) is 11.2. The molecule has 108 valence electrons. The molecule has 0 saturated heterocycles. The molecule has 0 fully saturated rings. The van der Waals surface area contributed by atoms with Gasteiger partial charge in [0.1, 0.15) is 11.5 Å². The van der Waals surface area contributed by atoms with Gasteiger partial charge in [0.05, 0.1) is 36.0 Å². The van der Waals surface area contributed by atoms with Crippen molar-refractivity contribution >= 4 is 28.6 Å². The molecule has 21 heavy (non-hydrogen) atoms. The van der Waals surface area contributed by atoms with Crippen molar-refractivity contribution in [3.8, 4) is 17.2 Å². The van der Waals surface area contributed by atoms with Gasteiger partial charge in [0.25, 0.3) is 0 Å². The molecule has 3 aromatic rings. The predicted octanol–water partition coefficient (Wildman–Crippen LogP) is 3.28. The first kappa shape index (κ1) is 13.6. The number of hydrogen-bond acceptors (Lipinski definition) is 4. The molecule has 0 amide bonds. The molecule has 1 heterocycles.